The summed E-state index contributed by atoms with van der Waals surface area (Å²) < 4.78 is 10.7. The van der Waals surface area contributed by atoms with Crippen molar-refractivity contribution in [3.63, 3.8) is 0 Å². The Morgan fingerprint density at radius 2 is 1.14 bits per heavy atom. The van der Waals surface area contributed by atoms with Crippen LogP contribution in [0.3, 0.4) is 0 Å². The third-order valence-electron chi connectivity index (χ3n) is 5.84. The van der Waals surface area contributed by atoms with Crippen molar-refractivity contribution in [3.8, 4) is 39.5 Å². The summed E-state index contributed by atoms with van der Waals surface area (Å²) in [4.78, 5) is 24.6. The molecule has 0 aliphatic heterocycles. The van der Waals surface area contributed by atoms with Crippen LogP contribution >= 0.6 is 0 Å². The van der Waals surface area contributed by atoms with Crippen LogP contribution in [0.15, 0.2) is 122 Å². The molecular weight excluding hydrogens is 472 g/mol. The second kappa shape index (κ2) is 9.75. The van der Waals surface area contributed by atoms with Gasteiger partial charge in [-0.1, -0.05) is 54.6 Å². The number of hydrogen-bond donors (Lipinski definition) is 3. The van der Waals surface area contributed by atoms with E-state index < -0.39 is 5.75 Å². The van der Waals surface area contributed by atoms with Gasteiger partial charge in [0.15, 0.2) is 16.8 Å². The van der Waals surface area contributed by atoms with E-state index in [1.54, 1.807) is 24.3 Å². The molecule has 0 saturated carbocycles. The molecule has 4 aromatic carbocycles. The summed E-state index contributed by atoms with van der Waals surface area (Å²) in [5, 5.41) is 29.1. The molecule has 6 aromatic rings. The summed E-state index contributed by atoms with van der Waals surface area (Å²) in [6.07, 6.45) is 2.75. The minimum absolute atomic E-state index is 0.0121. The molecule has 2 heterocycles. The van der Waals surface area contributed by atoms with Crippen molar-refractivity contribution in [2.24, 2.45) is 0 Å². The summed E-state index contributed by atoms with van der Waals surface area (Å²) >= 11 is 0. The molecule has 0 bridgehead atoms. The molecule has 37 heavy (non-hydrogen) atoms. The molecule has 7 nitrogen and oxygen atoms in total. The molecule has 182 valence electrons. The predicted octanol–water partition coefficient (Wildman–Crippen LogP) is 6.04. The summed E-state index contributed by atoms with van der Waals surface area (Å²) in [5.41, 5.74) is 2.63. The zero-order valence-corrected chi connectivity index (χ0v) is 19.3. The van der Waals surface area contributed by atoms with Crippen molar-refractivity contribution in [1.82, 2.24) is 0 Å². The van der Waals surface area contributed by atoms with Gasteiger partial charge in [-0.15, -0.1) is 0 Å². The van der Waals surface area contributed by atoms with Crippen LogP contribution in [0.2, 0.25) is 0 Å². The topological polar surface area (TPSA) is 121 Å². The Hall–Kier alpha value is -5.30. The molecule has 0 amide bonds. The minimum atomic E-state index is -0.461. The van der Waals surface area contributed by atoms with E-state index in [1.165, 1.54) is 36.8 Å². The lowest BCUT2D eigenvalue weighted by Gasteiger charge is -2.05. The fourth-order valence-electron chi connectivity index (χ4n) is 3.91. The number of phenolic OH excluding ortho intramolecular Hbond substituents is 3. The number of benzene rings is 4. The first-order valence-electron chi connectivity index (χ1n) is 11.3. The van der Waals surface area contributed by atoms with Crippen LogP contribution in [-0.2, 0) is 0 Å². The minimum Gasteiger partial charge on any atom is -0.508 e. The molecule has 6 rings (SSSR count). The van der Waals surface area contributed by atoms with Crippen molar-refractivity contribution in [2.45, 2.75) is 0 Å². The monoisotopic (exact) mass is 492 g/mol. The largest absolute Gasteiger partial charge is 0.508 e. The average Bonchev–Trinajstić information content (AvgIpc) is 2.93. The number of fused-ring (bicyclic) bond motifs is 2. The molecular formula is C30H20O7. The van der Waals surface area contributed by atoms with Crippen molar-refractivity contribution in [3.05, 3.63) is 124 Å². The molecule has 0 spiro atoms. The fourth-order valence-corrected chi connectivity index (χ4v) is 3.91. The van der Waals surface area contributed by atoms with E-state index in [2.05, 4.69) is 0 Å². The van der Waals surface area contributed by atoms with Crippen LogP contribution in [-0.4, -0.2) is 15.3 Å². The number of hydrogen-bond acceptors (Lipinski definition) is 7. The zero-order valence-electron chi connectivity index (χ0n) is 19.3. The van der Waals surface area contributed by atoms with Gasteiger partial charge in [0.2, 0.25) is 11.2 Å². The van der Waals surface area contributed by atoms with Gasteiger partial charge >= 0.3 is 0 Å². The van der Waals surface area contributed by atoms with E-state index in [0.29, 0.717) is 27.7 Å². The molecule has 7 heteroatoms. The Morgan fingerprint density at radius 1 is 0.541 bits per heavy atom. The van der Waals surface area contributed by atoms with E-state index in [4.69, 9.17) is 8.83 Å². The maximum absolute atomic E-state index is 12.4. The van der Waals surface area contributed by atoms with Gasteiger partial charge in [-0.05, 0) is 47.5 Å². The highest BCUT2D eigenvalue weighted by molar-refractivity contribution is 5.87. The lowest BCUT2D eigenvalue weighted by molar-refractivity contribution is 0.399. The fraction of sp³-hybridized carbons (Fsp3) is 0. The number of aromatic hydroxyl groups is 3. The molecule has 0 aliphatic rings. The first-order valence-corrected chi connectivity index (χ1v) is 11.3. The average molecular weight is 492 g/mol. The smallest absolute Gasteiger partial charge is 0.201 e. The van der Waals surface area contributed by atoms with E-state index in [0.717, 1.165) is 5.56 Å². The Balaban J connectivity index is 0.000000153. The van der Waals surface area contributed by atoms with E-state index in [9.17, 15) is 24.9 Å². The number of phenols is 3. The van der Waals surface area contributed by atoms with Gasteiger partial charge in [-0.2, -0.15) is 0 Å². The SMILES string of the molecule is O=c1c(-c2ccc(O)cc2)coc2c(O)c(O)ccc12.O=c1c(-c2ccccc2)coc2ccccc12. The lowest BCUT2D eigenvalue weighted by Crippen LogP contribution is -2.04. The second-order valence-electron chi connectivity index (χ2n) is 8.18. The van der Waals surface area contributed by atoms with Gasteiger partial charge in [0.1, 0.15) is 23.9 Å². The van der Waals surface area contributed by atoms with E-state index in [-0.39, 0.29) is 33.3 Å². The van der Waals surface area contributed by atoms with Crippen LogP contribution < -0.4 is 10.9 Å². The number of rotatable bonds is 2. The Labute approximate surface area is 209 Å². The third-order valence-corrected chi connectivity index (χ3v) is 5.84. The molecule has 0 unspecified atom stereocenters. The maximum Gasteiger partial charge on any atom is 0.201 e. The van der Waals surface area contributed by atoms with Gasteiger partial charge in [0, 0.05) is 0 Å². The summed E-state index contributed by atoms with van der Waals surface area (Å²) in [6, 6.07) is 25.6. The highest BCUT2D eigenvalue weighted by Crippen LogP contribution is 2.33. The Kier molecular flexibility index (Phi) is 6.18. The molecule has 0 fully saturated rings. The van der Waals surface area contributed by atoms with Crippen LogP contribution in [0.25, 0.3) is 44.2 Å². The summed E-state index contributed by atoms with van der Waals surface area (Å²) in [5.74, 6) is -0.712. The van der Waals surface area contributed by atoms with Crippen LogP contribution in [0.5, 0.6) is 17.2 Å². The summed E-state index contributed by atoms with van der Waals surface area (Å²) in [6.45, 7) is 0. The highest BCUT2D eigenvalue weighted by Gasteiger charge is 2.14. The highest BCUT2D eigenvalue weighted by atomic mass is 16.4. The van der Waals surface area contributed by atoms with Gasteiger partial charge in [-0.25, -0.2) is 0 Å². The third kappa shape index (κ3) is 4.53. The van der Waals surface area contributed by atoms with Gasteiger partial charge in [-0.3, -0.25) is 9.59 Å². The molecule has 3 N–H and O–H groups in total. The quantitative estimate of drug-likeness (QED) is 0.252. The molecule has 0 saturated heterocycles. The summed E-state index contributed by atoms with van der Waals surface area (Å²) in [7, 11) is 0. The Morgan fingerprint density at radius 3 is 1.86 bits per heavy atom. The van der Waals surface area contributed by atoms with Crippen molar-refractivity contribution < 1.29 is 24.2 Å². The molecule has 2 aromatic heterocycles. The van der Waals surface area contributed by atoms with E-state index in [1.807, 2.05) is 42.5 Å². The van der Waals surface area contributed by atoms with Crippen LogP contribution in [0, 0.1) is 0 Å². The maximum atomic E-state index is 12.4. The predicted molar refractivity (Wildman–Crippen MR) is 141 cm³/mol. The molecule has 0 radical (unpaired) electrons. The van der Waals surface area contributed by atoms with Crippen molar-refractivity contribution in [1.29, 1.82) is 0 Å². The number of para-hydroxylation sites is 1. The van der Waals surface area contributed by atoms with Crippen LogP contribution in [0.1, 0.15) is 0 Å². The van der Waals surface area contributed by atoms with Gasteiger partial charge in [0.05, 0.1) is 21.9 Å². The van der Waals surface area contributed by atoms with Gasteiger partial charge < -0.3 is 24.2 Å². The zero-order chi connectivity index (χ0) is 25.9. The second-order valence-corrected chi connectivity index (χ2v) is 8.18. The standard InChI is InChI=1S/C15H10O5.C15H10O2/c16-9-3-1-8(2-4-9)11-7-20-15-10(13(11)18)5-6-12(17)14(15)19;16-15-12-8-4-5-9-14(12)17-10-13(15)11-6-2-1-3-7-11/h1-7,16-17,19H;1-10H. The van der Waals surface area contributed by atoms with Crippen molar-refractivity contribution >= 4 is 21.9 Å². The molecule has 0 aliphatic carbocycles. The van der Waals surface area contributed by atoms with E-state index >= 15 is 0 Å². The lowest BCUT2D eigenvalue weighted by atomic mass is 10.1. The molecule has 0 atom stereocenters. The normalized spacial score (nSPS) is 10.7. The first-order chi connectivity index (χ1) is 17.9. The van der Waals surface area contributed by atoms with Crippen molar-refractivity contribution in [2.75, 3.05) is 0 Å². The Bertz CT molecular complexity index is 1830. The van der Waals surface area contributed by atoms with Gasteiger partial charge in [0.25, 0.3) is 0 Å². The van der Waals surface area contributed by atoms with Crippen LogP contribution in [0.4, 0.5) is 0 Å². The first kappa shape index (κ1) is 23.4.